The number of benzene rings is 1. The molecule has 1 aliphatic rings. The van der Waals surface area contributed by atoms with E-state index in [0.29, 0.717) is 0 Å². The molecule has 3 heteroatoms. The minimum absolute atomic E-state index is 0.269. The Balaban J connectivity index is 0. The number of hydrogen-bond acceptors (Lipinski definition) is 2. The van der Waals surface area contributed by atoms with Gasteiger partial charge in [-0.1, -0.05) is 61.4 Å². The van der Waals surface area contributed by atoms with E-state index >= 15 is 0 Å². The lowest BCUT2D eigenvalue weighted by Crippen LogP contribution is -1.97. The van der Waals surface area contributed by atoms with Crippen molar-refractivity contribution < 1.29 is 14.6 Å². The first kappa shape index (κ1) is 28.3. The molecule has 0 spiro atoms. The number of aliphatic carboxylic acids is 1. The predicted molar refractivity (Wildman–Crippen MR) is 122 cm³/mol. The van der Waals surface area contributed by atoms with E-state index in [1.165, 1.54) is 43.2 Å². The lowest BCUT2D eigenvalue weighted by molar-refractivity contribution is -0.134. The number of ether oxygens (including phenoxy) is 1. The smallest absolute Gasteiger partial charge is 0.300 e. The lowest BCUT2D eigenvalue weighted by Gasteiger charge is -1.98. The first-order valence-corrected chi connectivity index (χ1v) is 10.3. The normalized spacial score (nSPS) is 13.2. The summed E-state index contributed by atoms with van der Waals surface area (Å²) >= 11 is 0. The largest absolute Gasteiger partial charge is 0.481 e. The zero-order chi connectivity index (χ0) is 21.9. The summed E-state index contributed by atoms with van der Waals surface area (Å²) in [4.78, 5) is 9.00. The number of carboxylic acids is 1. The Morgan fingerprint density at radius 1 is 1.21 bits per heavy atom. The predicted octanol–water partition coefficient (Wildman–Crippen LogP) is 6.92. The highest BCUT2D eigenvalue weighted by Gasteiger charge is 2.08. The third kappa shape index (κ3) is 17.5. The molecule has 0 aliphatic heterocycles. The van der Waals surface area contributed by atoms with Gasteiger partial charge in [-0.05, 0) is 70.9 Å². The number of fused-ring (bicyclic) bond motifs is 1. The Labute approximate surface area is 173 Å². The zero-order valence-electron chi connectivity index (χ0n) is 19.3. The number of carboxylic acid groups (broad SMARTS) is 1. The van der Waals surface area contributed by atoms with Gasteiger partial charge in [0.1, 0.15) is 0 Å². The van der Waals surface area contributed by atoms with Crippen LogP contribution in [0.1, 0.15) is 77.5 Å². The summed E-state index contributed by atoms with van der Waals surface area (Å²) in [6.45, 7) is 13.7. The molecule has 160 valence electrons. The summed E-state index contributed by atoms with van der Waals surface area (Å²) in [5.41, 5.74) is 6.06. The quantitative estimate of drug-likeness (QED) is 0.567. The van der Waals surface area contributed by atoms with Crippen LogP contribution in [-0.4, -0.2) is 24.3 Å². The van der Waals surface area contributed by atoms with Crippen LogP contribution >= 0.6 is 0 Å². The first-order chi connectivity index (χ1) is 13.2. The summed E-state index contributed by atoms with van der Waals surface area (Å²) in [6.07, 6.45) is 12.9. The molecule has 0 saturated carbocycles. The minimum atomic E-state index is -0.833. The fourth-order valence-corrected chi connectivity index (χ4v) is 2.54. The van der Waals surface area contributed by atoms with Crippen molar-refractivity contribution in [1.29, 1.82) is 0 Å². The van der Waals surface area contributed by atoms with Crippen molar-refractivity contribution in [1.82, 2.24) is 0 Å². The van der Waals surface area contributed by atoms with Crippen molar-refractivity contribution >= 4 is 5.97 Å². The molecule has 3 nitrogen and oxygen atoms in total. The van der Waals surface area contributed by atoms with Crippen molar-refractivity contribution in [2.24, 2.45) is 0 Å². The van der Waals surface area contributed by atoms with Crippen LogP contribution in [0, 0.1) is 6.92 Å². The monoisotopic (exact) mass is 390 g/mol. The third-order valence-electron chi connectivity index (χ3n) is 4.20. The van der Waals surface area contributed by atoms with Crippen LogP contribution in [0.25, 0.3) is 0 Å². The summed E-state index contributed by atoms with van der Waals surface area (Å²) < 4.78 is 4.90. The molecule has 1 unspecified atom stereocenters. The molecule has 0 fully saturated rings. The number of hydrogen-bond donors (Lipinski definition) is 1. The fraction of sp³-hybridized carbons (Fsp3) is 0.560. The summed E-state index contributed by atoms with van der Waals surface area (Å²) in [5.74, 6) is -0.833. The van der Waals surface area contributed by atoms with Crippen LogP contribution in [0.15, 0.2) is 42.0 Å². The van der Waals surface area contributed by atoms with E-state index in [-0.39, 0.29) is 6.10 Å². The van der Waals surface area contributed by atoms with Gasteiger partial charge in [-0.2, -0.15) is 0 Å². The standard InChI is InChI=1S/C10H12.C7H14.C6H12O.C2H4O2/c1-8-5-6-9-3-2-4-10(9)7-8;1-4-6-7(3)5-2;1-4-5-6(2)7-3;1-2(3)4/h5-7H,2-4H2,1H3;6H,4-5H2,1-3H3;4-6H,1-3H3;1H3,(H,3,4)/b;7-6+;5-4-;. The van der Waals surface area contributed by atoms with Crippen molar-refractivity contribution in [3.8, 4) is 0 Å². The first-order valence-electron chi connectivity index (χ1n) is 10.3. The van der Waals surface area contributed by atoms with Gasteiger partial charge in [-0.15, -0.1) is 0 Å². The van der Waals surface area contributed by atoms with Crippen LogP contribution in [0.4, 0.5) is 0 Å². The van der Waals surface area contributed by atoms with E-state index in [9.17, 15) is 0 Å². The lowest BCUT2D eigenvalue weighted by atomic mass is 10.1. The van der Waals surface area contributed by atoms with Crippen LogP contribution in [0.3, 0.4) is 0 Å². The number of rotatable bonds is 4. The van der Waals surface area contributed by atoms with Gasteiger partial charge in [-0.25, -0.2) is 0 Å². The van der Waals surface area contributed by atoms with Crippen LogP contribution < -0.4 is 0 Å². The summed E-state index contributed by atoms with van der Waals surface area (Å²) in [5, 5.41) is 7.42. The van der Waals surface area contributed by atoms with Gasteiger partial charge in [0.05, 0.1) is 6.10 Å². The van der Waals surface area contributed by atoms with Crippen molar-refractivity contribution in [3.63, 3.8) is 0 Å². The maximum absolute atomic E-state index is 9.00. The second-order valence-corrected chi connectivity index (χ2v) is 6.92. The maximum Gasteiger partial charge on any atom is 0.300 e. The van der Waals surface area contributed by atoms with E-state index in [1.54, 1.807) is 18.2 Å². The molecule has 28 heavy (non-hydrogen) atoms. The van der Waals surface area contributed by atoms with Gasteiger partial charge in [-0.3, -0.25) is 4.79 Å². The Hall–Kier alpha value is -1.87. The molecule has 0 bridgehead atoms. The number of carbonyl (C=O) groups is 1. The molecule has 1 N–H and O–H groups in total. The number of methoxy groups -OCH3 is 1. The molecular formula is C25H42O3. The molecular weight excluding hydrogens is 348 g/mol. The van der Waals surface area contributed by atoms with E-state index < -0.39 is 5.97 Å². The van der Waals surface area contributed by atoms with E-state index in [4.69, 9.17) is 14.6 Å². The number of aryl methyl sites for hydroxylation is 3. The van der Waals surface area contributed by atoms with Gasteiger partial charge >= 0.3 is 0 Å². The second kappa shape index (κ2) is 18.5. The summed E-state index contributed by atoms with van der Waals surface area (Å²) in [7, 11) is 1.70. The SMILES string of the molecule is C/C=C\C(C)OC.CC(=O)O.CC/C=C(\C)CC.Cc1ccc2c(c1)CCC2. The number of allylic oxidation sites excluding steroid dienone is 3. The van der Waals surface area contributed by atoms with Crippen molar-refractivity contribution in [3.05, 3.63) is 58.7 Å². The van der Waals surface area contributed by atoms with Gasteiger partial charge in [0.2, 0.25) is 0 Å². The Morgan fingerprint density at radius 3 is 2.18 bits per heavy atom. The third-order valence-corrected chi connectivity index (χ3v) is 4.20. The van der Waals surface area contributed by atoms with Crippen LogP contribution in [0.2, 0.25) is 0 Å². The van der Waals surface area contributed by atoms with E-state index in [2.05, 4.69) is 52.0 Å². The topological polar surface area (TPSA) is 46.5 Å². The average molecular weight is 391 g/mol. The van der Waals surface area contributed by atoms with Gasteiger partial charge < -0.3 is 9.84 Å². The molecule has 0 aromatic heterocycles. The molecule has 1 aromatic carbocycles. The molecule has 0 radical (unpaired) electrons. The molecule has 1 aromatic rings. The van der Waals surface area contributed by atoms with Gasteiger partial charge in [0, 0.05) is 14.0 Å². The molecule has 0 heterocycles. The van der Waals surface area contributed by atoms with Gasteiger partial charge in [0.15, 0.2) is 0 Å². The molecule has 0 amide bonds. The fourth-order valence-electron chi connectivity index (χ4n) is 2.54. The maximum atomic E-state index is 9.00. The minimum Gasteiger partial charge on any atom is -0.481 e. The molecule has 1 atom stereocenters. The molecule has 0 saturated heterocycles. The second-order valence-electron chi connectivity index (χ2n) is 6.92. The van der Waals surface area contributed by atoms with Gasteiger partial charge in [0.25, 0.3) is 5.97 Å². The highest BCUT2D eigenvalue weighted by atomic mass is 16.5. The van der Waals surface area contributed by atoms with Crippen LogP contribution in [0.5, 0.6) is 0 Å². The molecule has 1 aliphatic carbocycles. The average Bonchev–Trinajstić information content (AvgIpc) is 3.10. The van der Waals surface area contributed by atoms with E-state index in [1.807, 2.05) is 26.0 Å². The van der Waals surface area contributed by atoms with Crippen molar-refractivity contribution in [2.45, 2.75) is 86.7 Å². The van der Waals surface area contributed by atoms with E-state index in [0.717, 1.165) is 6.92 Å². The Bertz CT molecular complexity index is 581. The highest BCUT2D eigenvalue weighted by molar-refractivity contribution is 5.62. The Kier molecular flexibility index (Phi) is 18.7. The van der Waals surface area contributed by atoms with Crippen LogP contribution in [-0.2, 0) is 22.4 Å². The van der Waals surface area contributed by atoms with Crippen molar-refractivity contribution in [2.75, 3.05) is 7.11 Å². The molecule has 2 rings (SSSR count). The zero-order valence-corrected chi connectivity index (χ0v) is 19.3. The Morgan fingerprint density at radius 2 is 1.79 bits per heavy atom. The summed E-state index contributed by atoms with van der Waals surface area (Å²) in [6, 6.07) is 6.81. The highest BCUT2D eigenvalue weighted by Crippen LogP contribution is 2.22.